The van der Waals surface area contributed by atoms with Crippen molar-refractivity contribution in [3.63, 3.8) is 0 Å². The lowest BCUT2D eigenvalue weighted by molar-refractivity contribution is -0.160. The first-order chi connectivity index (χ1) is 23.0. The molecule has 1 aliphatic heterocycles. The lowest BCUT2D eigenvalue weighted by Crippen LogP contribution is -2.39. The molecule has 6 nitrogen and oxygen atoms in total. The summed E-state index contributed by atoms with van der Waals surface area (Å²) >= 11 is 0. The molecule has 2 heterocycles. The Hall–Kier alpha value is -3.45. The van der Waals surface area contributed by atoms with E-state index in [9.17, 15) is 14.3 Å². The Kier molecular flexibility index (Phi) is 11.1. The number of carboxylic acid groups (broad SMARTS) is 1. The zero-order valence-corrected chi connectivity index (χ0v) is 31.0. The summed E-state index contributed by atoms with van der Waals surface area (Å²) in [5.41, 5.74) is 6.34. The van der Waals surface area contributed by atoms with Gasteiger partial charge in [0.15, 0.2) is 6.10 Å². The summed E-state index contributed by atoms with van der Waals surface area (Å²) in [5.74, 6) is 0.0281. The van der Waals surface area contributed by atoms with Crippen molar-refractivity contribution >= 4 is 11.7 Å². The second kappa shape index (κ2) is 14.8. The minimum atomic E-state index is -1.16. The first-order valence-corrected chi connectivity index (χ1v) is 18.2. The highest BCUT2D eigenvalue weighted by Gasteiger charge is 2.37. The van der Waals surface area contributed by atoms with Crippen molar-refractivity contribution in [1.29, 1.82) is 0 Å². The zero-order chi connectivity index (χ0) is 35.6. The molecule has 0 radical (unpaired) electrons. The molecule has 1 saturated carbocycles. The standard InChI is InChI=1S/C42H57FN2O4/c1-28-35(38(39(46)47)49-40(2,3)4)37(45-24-22-42(7,8)23-25-45)36(34(44-28)27-30-17-20-41(5,6)21-18-30)31-11-15-33(16-12-31)48-26-19-29-9-13-32(43)14-10-29/h9-16,30,38H,17-27H2,1-8H3,(H,46,47). The van der Waals surface area contributed by atoms with Crippen LogP contribution in [0, 0.1) is 29.5 Å². The van der Waals surface area contributed by atoms with Gasteiger partial charge in [-0.2, -0.15) is 0 Å². The Balaban J connectivity index is 1.59. The summed E-state index contributed by atoms with van der Waals surface area (Å²) < 4.78 is 25.8. The number of ether oxygens (including phenoxy) is 2. The van der Waals surface area contributed by atoms with E-state index in [1.54, 1.807) is 12.1 Å². The molecule has 7 heteroatoms. The van der Waals surface area contributed by atoms with Crippen molar-refractivity contribution < 1.29 is 23.8 Å². The third kappa shape index (κ3) is 9.62. The number of hydrogen-bond donors (Lipinski definition) is 1. The van der Waals surface area contributed by atoms with Crippen molar-refractivity contribution in [2.45, 2.75) is 118 Å². The Labute approximate surface area is 293 Å². The Morgan fingerprint density at radius 3 is 2.12 bits per heavy atom. The fraction of sp³-hybridized carbons (Fsp3) is 0.571. The van der Waals surface area contributed by atoms with Crippen LogP contribution in [0.1, 0.15) is 116 Å². The summed E-state index contributed by atoms with van der Waals surface area (Å²) in [7, 11) is 0. The molecule has 1 saturated heterocycles. The van der Waals surface area contributed by atoms with Gasteiger partial charge in [-0.05, 0) is 125 Å². The molecular formula is C42H57FN2O4. The molecule has 0 bridgehead atoms. The molecule has 5 rings (SSSR count). The average molecular weight is 673 g/mol. The molecular weight excluding hydrogens is 615 g/mol. The fourth-order valence-corrected chi connectivity index (χ4v) is 7.37. The van der Waals surface area contributed by atoms with Gasteiger partial charge in [-0.25, -0.2) is 9.18 Å². The van der Waals surface area contributed by atoms with E-state index in [0.717, 1.165) is 84.7 Å². The molecule has 1 N–H and O–H groups in total. The molecule has 1 aliphatic carbocycles. The average Bonchev–Trinajstić information content (AvgIpc) is 3.02. The summed E-state index contributed by atoms with van der Waals surface area (Å²) in [4.78, 5) is 20.7. The van der Waals surface area contributed by atoms with Crippen LogP contribution < -0.4 is 9.64 Å². The Morgan fingerprint density at radius 1 is 0.959 bits per heavy atom. The van der Waals surface area contributed by atoms with Crippen molar-refractivity contribution in [3.05, 3.63) is 76.9 Å². The number of hydrogen-bond acceptors (Lipinski definition) is 5. The number of rotatable bonds is 11. The maximum Gasteiger partial charge on any atom is 0.337 e. The minimum Gasteiger partial charge on any atom is -0.493 e. The van der Waals surface area contributed by atoms with Crippen LogP contribution in [0.15, 0.2) is 48.5 Å². The molecule has 3 aromatic rings. The highest BCUT2D eigenvalue weighted by atomic mass is 19.1. The van der Waals surface area contributed by atoms with Crippen LogP contribution in [0.4, 0.5) is 10.1 Å². The number of pyridine rings is 1. The van der Waals surface area contributed by atoms with E-state index in [1.165, 1.54) is 25.0 Å². The third-order valence-corrected chi connectivity index (χ3v) is 10.5. The van der Waals surface area contributed by atoms with E-state index in [-0.39, 0.29) is 11.2 Å². The molecule has 49 heavy (non-hydrogen) atoms. The molecule has 1 aromatic heterocycles. The summed E-state index contributed by atoms with van der Waals surface area (Å²) in [5, 5.41) is 10.7. The first kappa shape index (κ1) is 36.8. The van der Waals surface area contributed by atoms with Gasteiger partial charge in [0.25, 0.3) is 0 Å². The van der Waals surface area contributed by atoms with Crippen LogP contribution >= 0.6 is 0 Å². The molecule has 2 aromatic carbocycles. The Bertz CT molecular complexity index is 1570. The van der Waals surface area contributed by atoms with Gasteiger partial charge in [-0.15, -0.1) is 0 Å². The number of anilines is 1. The number of halogens is 1. The van der Waals surface area contributed by atoms with Crippen LogP contribution in [0.2, 0.25) is 0 Å². The van der Waals surface area contributed by atoms with E-state index in [0.29, 0.717) is 29.9 Å². The van der Waals surface area contributed by atoms with Gasteiger partial charge >= 0.3 is 5.97 Å². The Morgan fingerprint density at radius 2 is 1.55 bits per heavy atom. The predicted octanol–water partition coefficient (Wildman–Crippen LogP) is 10.1. The van der Waals surface area contributed by atoms with E-state index in [1.807, 2.05) is 39.8 Å². The highest BCUT2D eigenvalue weighted by molar-refractivity contribution is 5.88. The van der Waals surface area contributed by atoms with Crippen molar-refractivity contribution in [2.24, 2.45) is 16.7 Å². The number of carboxylic acids is 1. The summed E-state index contributed by atoms with van der Waals surface area (Å²) in [6.45, 7) is 19.2. The van der Waals surface area contributed by atoms with Crippen LogP contribution in [-0.2, 0) is 22.4 Å². The van der Waals surface area contributed by atoms with Gasteiger partial charge in [-0.3, -0.25) is 4.98 Å². The maximum absolute atomic E-state index is 13.4. The van der Waals surface area contributed by atoms with E-state index >= 15 is 0 Å². The lowest BCUT2D eigenvalue weighted by Gasteiger charge is -2.41. The van der Waals surface area contributed by atoms with Crippen LogP contribution in [0.5, 0.6) is 5.75 Å². The lowest BCUT2D eigenvalue weighted by atomic mass is 9.71. The SMILES string of the molecule is Cc1nc(CC2CCC(C)(C)CC2)c(-c2ccc(OCCc3ccc(F)cc3)cc2)c(N2CCC(C)(C)CC2)c1C(OC(C)(C)C)C(=O)O. The molecule has 2 aliphatic rings. The maximum atomic E-state index is 13.4. The zero-order valence-electron chi connectivity index (χ0n) is 31.0. The number of nitrogens with zero attached hydrogens (tertiary/aromatic N) is 2. The van der Waals surface area contributed by atoms with Gasteiger partial charge in [0, 0.05) is 36.3 Å². The molecule has 2 fully saturated rings. The van der Waals surface area contributed by atoms with Gasteiger partial charge in [0.05, 0.1) is 23.6 Å². The van der Waals surface area contributed by atoms with Crippen molar-refractivity contribution in [3.8, 4) is 16.9 Å². The minimum absolute atomic E-state index is 0.220. The van der Waals surface area contributed by atoms with E-state index in [4.69, 9.17) is 14.5 Å². The van der Waals surface area contributed by atoms with Gasteiger partial charge in [0.1, 0.15) is 11.6 Å². The topological polar surface area (TPSA) is 71.9 Å². The number of aliphatic carboxylic acids is 1. The predicted molar refractivity (Wildman–Crippen MR) is 196 cm³/mol. The smallest absolute Gasteiger partial charge is 0.337 e. The van der Waals surface area contributed by atoms with E-state index in [2.05, 4.69) is 44.7 Å². The van der Waals surface area contributed by atoms with Crippen LogP contribution in [-0.4, -0.2) is 41.4 Å². The molecule has 1 unspecified atom stereocenters. The quantitative estimate of drug-likeness (QED) is 0.219. The number of aromatic nitrogens is 1. The summed E-state index contributed by atoms with van der Waals surface area (Å²) in [6.07, 6.45) is 7.11. The van der Waals surface area contributed by atoms with Gasteiger partial charge in [-0.1, -0.05) is 52.0 Å². The van der Waals surface area contributed by atoms with Gasteiger partial charge < -0.3 is 19.5 Å². The third-order valence-electron chi connectivity index (χ3n) is 10.5. The largest absolute Gasteiger partial charge is 0.493 e. The number of aryl methyl sites for hydroxylation is 1. The molecule has 0 amide bonds. The first-order valence-electron chi connectivity index (χ1n) is 18.2. The van der Waals surface area contributed by atoms with Gasteiger partial charge in [0.2, 0.25) is 0 Å². The monoisotopic (exact) mass is 672 g/mol. The molecule has 0 spiro atoms. The fourth-order valence-electron chi connectivity index (χ4n) is 7.37. The second-order valence-corrected chi connectivity index (χ2v) is 16.9. The summed E-state index contributed by atoms with van der Waals surface area (Å²) in [6, 6.07) is 14.7. The number of piperidine rings is 1. The molecule has 266 valence electrons. The highest BCUT2D eigenvalue weighted by Crippen LogP contribution is 2.47. The van der Waals surface area contributed by atoms with Crippen molar-refractivity contribution in [1.82, 2.24) is 4.98 Å². The normalized spacial score (nSPS) is 18.7. The number of carbonyl (C=O) groups is 1. The number of benzene rings is 2. The van der Waals surface area contributed by atoms with Crippen molar-refractivity contribution in [2.75, 3.05) is 24.6 Å². The van der Waals surface area contributed by atoms with Crippen LogP contribution in [0.25, 0.3) is 11.1 Å². The van der Waals surface area contributed by atoms with Crippen LogP contribution in [0.3, 0.4) is 0 Å². The molecule has 1 atom stereocenters. The van der Waals surface area contributed by atoms with E-state index < -0.39 is 17.7 Å². The second-order valence-electron chi connectivity index (χ2n) is 16.9.